The molecule has 0 saturated carbocycles. The monoisotopic (exact) mass is 454 g/mol. The minimum absolute atomic E-state index is 0.0820. The lowest BCUT2D eigenvalue weighted by molar-refractivity contribution is 0.102. The second kappa shape index (κ2) is 8.76. The Morgan fingerprint density at radius 1 is 0.969 bits per heavy atom. The van der Waals surface area contributed by atoms with Crippen molar-refractivity contribution in [2.75, 3.05) is 18.4 Å². The molecule has 1 amide bonds. The van der Waals surface area contributed by atoms with Crippen LogP contribution in [0.15, 0.2) is 64.3 Å². The van der Waals surface area contributed by atoms with Gasteiger partial charge < -0.3 is 5.32 Å². The number of nitrogens with one attached hydrogen (secondary N) is 1. The zero-order chi connectivity index (χ0) is 22.9. The number of anilines is 1. The molecule has 0 aliphatic carbocycles. The van der Waals surface area contributed by atoms with Gasteiger partial charge >= 0.3 is 0 Å². The standard InChI is InChI=1S/C23H26N4O4S/c1-17-21(23(29)27(25(17)2)19-11-5-3-6-12-19)24-22(28)18-10-9-13-20(16-18)32(30,31)26-14-7-4-8-15-26/h3,5-6,9-13,16H,4,7-8,14-15H2,1-2H3,(H,24,28). The van der Waals surface area contributed by atoms with Crippen molar-refractivity contribution >= 4 is 21.6 Å². The van der Waals surface area contributed by atoms with Gasteiger partial charge in [-0.15, -0.1) is 0 Å². The van der Waals surface area contributed by atoms with E-state index in [1.165, 1.54) is 21.1 Å². The number of rotatable bonds is 5. The van der Waals surface area contributed by atoms with Crippen LogP contribution in [-0.2, 0) is 17.1 Å². The van der Waals surface area contributed by atoms with Gasteiger partial charge in [-0.05, 0) is 50.1 Å². The zero-order valence-corrected chi connectivity index (χ0v) is 18.9. The first-order valence-corrected chi connectivity index (χ1v) is 12.0. The van der Waals surface area contributed by atoms with E-state index in [1.54, 1.807) is 42.9 Å². The molecule has 0 bridgehead atoms. The van der Waals surface area contributed by atoms with Crippen molar-refractivity contribution in [3.63, 3.8) is 0 Å². The molecule has 2 heterocycles. The molecule has 1 N–H and O–H groups in total. The third-order valence-corrected chi connectivity index (χ3v) is 7.74. The number of amides is 1. The molecule has 1 aliphatic heterocycles. The van der Waals surface area contributed by atoms with Crippen LogP contribution in [-0.4, -0.2) is 41.1 Å². The number of benzene rings is 2. The summed E-state index contributed by atoms with van der Waals surface area (Å²) in [4.78, 5) is 26.1. The van der Waals surface area contributed by atoms with E-state index in [0.717, 1.165) is 19.3 Å². The number of nitrogens with zero attached hydrogens (tertiary/aromatic N) is 3. The first-order valence-electron chi connectivity index (χ1n) is 10.6. The van der Waals surface area contributed by atoms with Gasteiger partial charge in [-0.1, -0.05) is 30.7 Å². The summed E-state index contributed by atoms with van der Waals surface area (Å²) in [5, 5.41) is 2.68. The summed E-state index contributed by atoms with van der Waals surface area (Å²) in [5.41, 5.74) is 1.24. The predicted octanol–water partition coefficient (Wildman–Crippen LogP) is 2.91. The molecule has 0 radical (unpaired) electrons. The molecular weight excluding hydrogens is 428 g/mol. The van der Waals surface area contributed by atoms with Gasteiger partial charge in [0.15, 0.2) is 0 Å². The Bertz CT molecular complexity index is 1300. The van der Waals surface area contributed by atoms with Crippen molar-refractivity contribution in [1.29, 1.82) is 0 Å². The fourth-order valence-electron chi connectivity index (χ4n) is 3.95. The molecule has 4 rings (SSSR count). The molecule has 32 heavy (non-hydrogen) atoms. The van der Waals surface area contributed by atoms with Crippen molar-refractivity contribution in [3.05, 3.63) is 76.2 Å². The molecule has 8 nitrogen and oxygen atoms in total. The number of carbonyl (C=O) groups is 1. The smallest absolute Gasteiger partial charge is 0.295 e. The highest BCUT2D eigenvalue weighted by Gasteiger charge is 2.27. The van der Waals surface area contributed by atoms with Crippen LogP contribution in [0.1, 0.15) is 35.3 Å². The summed E-state index contributed by atoms with van der Waals surface area (Å²) in [5.74, 6) is -0.535. The highest BCUT2D eigenvalue weighted by atomic mass is 32.2. The van der Waals surface area contributed by atoms with Crippen LogP contribution in [0.5, 0.6) is 0 Å². The lowest BCUT2D eigenvalue weighted by atomic mass is 10.2. The highest BCUT2D eigenvalue weighted by molar-refractivity contribution is 7.89. The second-order valence-corrected chi connectivity index (χ2v) is 9.82. The molecular formula is C23H26N4O4S. The van der Waals surface area contributed by atoms with Gasteiger partial charge in [0.05, 0.1) is 16.3 Å². The topological polar surface area (TPSA) is 93.4 Å². The maximum atomic E-state index is 13.0. The molecule has 2 aromatic carbocycles. The number of hydrogen-bond acceptors (Lipinski definition) is 4. The Morgan fingerprint density at radius 2 is 1.66 bits per heavy atom. The number of piperidine rings is 1. The Kier molecular flexibility index (Phi) is 6.03. The van der Waals surface area contributed by atoms with Gasteiger partial charge in [0, 0.05) is 25.7 Å². The van der Waals surface area contributed by atoms with Crippen LogP contribution >= 0.6 is 0 Å². The first kappa shape index (κ1) is 22.0. The second-order valence-electron chi connectivity index (χ2n) is 7.88. The molecule has 1 saturated heterocycles. The fourth-order valence-corrected chi connectivity index (χ4v) is 5.51. The Hall–Kier alpha value is -3.17. The molecule has 9 heteroatoms. The van der Waals surface area contributed by atoms with E-state index in [1.807, 2.05) is 18.2 Å². The lowest BCUT2D eigenvalue weighted by Crippen LogP contribution is -2.35. The van der Waals surface area contributed by atoms with Gasteiger partial charge in [-0.25, -0.2) is 13.1 Å². The van der Waals surface area contributed by atoms with Crippen molar-refractivity contribution in [1.82, 2.24) is 13.7 Å². The average molecular weight is 455 g/mol. The van der Waals surface area contributed by atoms with Crippen molar-refractivity contribution < 1.29 is 13.2 Å². The normalized spacial score (nSPS) is 14.9. The molecule has 0 unspecified atom stereocenters. The summed E-state index contributed by atoms with van der Waals surface area (Å²) in [6.07, 6.45) is 2.69. The van der Waals surface area contributed by atoms with Crippen molar-refractivity contribution in [3.8, 4) is 5.69 Å². The maximum absolute atomic E-state index is 13.0. The highest BCUT2D eigenvalue weighted by Crippen LogP contribution is 2.22. The molecule has 1 fully saturated rings. The van der Waals surface area contributed by atoms with E-state index < -0.39 is 15.9 Å². The quantitative estimate of drug-likeness (QED) is 0.642. The molecule has 0 spiro atoms. The van der Waals surface area contributed by atoms with Gasteiger partial charge in [-0.3, -0.25) is 14.3 Å². The van der Waals surface area contributed by atoms with Crippen LogP contribution in [0.3, 0.4) is 0 Å². The number of carbonyl (C=O) groups excluding carboxylic acids is 1. The largest absolute Gasteiger partial charge is 0.316 e. The van der Waals surface area contributed by atoms with E-state index in [-0.39, 0.29) is 21.7 Å². The molecule has 3 aromatic rings. The van der Waals surface area contributed by atoms with Crippen molar-refractivity contribution in [2.24, 2.45) is 7.05 Å². The Balaban J connectivity index is 1.63. The lowest BCUT2D eigenvalue weighted by Gasteiger charge is -2.26. The Morgan fingerprint density at radius 3 is 2.34 bits per heavy atom. The Labute approximate surface area is 187 Å². The molecule has 1 aromatic heterocycles. The van der Waals surface area contributed by atoms with E-state index >= 15 is 0 Å². The number of aromatic nitrogens is 2. The first-order chi connectivity index (χ1) is 15.3. The third-order valence-electron chi connectivity index (χ3n) is 5.84. The maximum Gasteiger partial charge on any atom is 0.295 e. The summed E-state index contributed by atoms with van der Waals surface area (Å²) in [7, 11) is -1.92. The molecule has 1 aliphatic rings. The number of hydrogen-bond donors (Lipinski definition) is 1. The molecule has 0 atom stereocenters. The average Bonchev–Trinajstić information content (AvgIpc) is 3.03. The van der Waals surface area contributed by atoms with E-state index in [4.69, 9.17) is 0 Å². The van der Waals surface area contributed by atoms with Crippen LogP contribution in [0.4, 0.5) is 5.69 Å². The minimum Gasteiger partial charge on any atom is -0.316 e. The van der Waals surface area contributed by atoms with Gasteiger partial charge in [0.2, 0.25) is 10.0 Å². The predicted molar refractivity (Wildman–Crippen MR) is 123 cm³/mol. The SMILES string of the molecule is Cc1c(NC(=O)c2cccc(S(=O)(=O)N3CCCCC3)c2)c(=O)n(-c2ccccc2)n1C. The van der Waals surface area contributed by atoms with Crippen LogP contribution in [0.2, 0.25) is 0 Å². The third kappa shape index (κ3) is 4.01. The van der Waals surface area contributed by atoms with Gasteiger partial charge in [0.1, 0.15) is 5.69 Å². The van der Waals surface area contributed by atoms with E-state index in [0.29, 0.717) is 24.5 Å². The number of para-hydroxylation sites is 1. The molecule has 168 valence electrons. The minimum atomic E-state index is -3.66. The van der Waals surface area contributed by atoms with Crippen LogP contribution in [0, 0.1) is 6.92 Å². The van der Waals surface area contributed by atoms with Gasteiger partial charge in [0.25, 0.3) is 11.5 Å². The summed E-state index contributed by atoms with van der Waals surface area (Å²) < 4.78 is 30.6. The van der Waals surface area contributed by atoms with E-state index in [9.17, 15) is 18.0 Å². The summed E-state index contributed by atoms with van der Waals surface area (Å²) >= 11 is 0. The van der Waals surface area contributed by atoms with E-state index in [2.05, 4.69) is 5.32 Å². The van der Waals surface area contributed by atoms with Crippen molar-refractivity contribution in [2.45, 2.75) is 31.1 Å². The summed E-state index contributed by atoms with van der Waals surface area (Å²) in [6.45, 7) is 2.72. The van der Waals surface area contributed by atoms with Crippen LogP contribution < -0.4 is 10.9 Å². The zero-order valence-electron chi connectivity index (χ0n) is 18.1. The number of sulfonamides is 1. The van der Waals surface area contributed by atoms with Gasteiger partial charge in [-0.2, -0.15) is 4.31 Å². The summed E-state index contributed by atoms with van der Waals surface area (Å²) in [6, 6.07) is 15.1. The fraction of sp³-hybridized carbons (Fsp3) is 0.304. The van der Waals surface area contributed by atoms with Crippen LogP contribution in [0.25, 0.3) is 5.69 Å².